The minimum Gasteiger partial charge on any atom is -0.456 e. The van der Waals surface area contributed by atoms with Crippen LogP contribution in [0.2, 0.25) is 0 Å². The van der Waals surface area contributed by atoms with Crippen molar-refractivity contribution < 1.29 is 37.3 Å². The number of hydrogen-bond acceptors (Lipinski definition) is 6. The number of ether oxygens (including phenoxy) is 1. The van der Waals surface area contributed by atoms with Crippen molar-refractivity contribution in [2.24, 2.45) is 0 Å². The van der Waals surface area contributed by atoms with Crippen LogP contribution in [0.5, 0.6) is 0 Å². The number of likely N-dealkylation sites (N-methyl/N-ethyl adjacent to an activating group) is 1. The first-order chi connectivity index (χ1) is 30.9. The molecule has 376 valence electrons. The SMILES string of the molecule is CCCCCCCC/C=C\C/C=C/CCC(=O)NC(COP(=O)(O)OCC[N+](C)(C)C)C(/C=C/CCCCCCCCCCC)OC(=O)CCCCCCCCCCCCCCCC. The molecular formula is C54H104N2O7P+. The van der Waals surface area contributed by atoms with Crippen LogP contribution in [0.1, 0.15) is 245 Å². The first-order valence-corrected chi connectivity index (χ1v) is 28.3. The molecule has 0 aromatic heterocycles. The minimum absolute atomic E-state index is 0.0329. The standard InChI is InChI=1S/C54H103N2O7P/c1-7-10-13-16-19-22-25-27-29-32-35-38-41-44-47-54(58)63-52(45-42-39-36-33-30-24-21-18-15-12-9-3)51(50-62-64(59,60)61-49-48-56(4,5)6)55-53(57)46-43-40-37-34-31-28-26-23-20-17-14-11-8-2/h28,31,37,40,42,45,51-52H,7-27,29-30,32-36,38-39,41,43-44,46-50H2,1-6H3,(H-,55,57,59,60)/p+1/b31-28-,40-37+,45-42+. The average molecular weight is 924 g/mol. The van der Waals surface area contributed by atoms with Gasteiger partial charge in [-0.25, -0.2) is 4.57 Å². The van der Waals surface area contributed by atoms with E-state index in [0.717, 1.165) is 51.4 Å². The Balaban J connectivity index is 5.45. The molecule has 0 radical (unpaired) electrons. The first-order valence-electron chi connectivity index (χ1n) is 26.8. The number of nitrogens with one attached hydrogen (secondary N) is 1. The number of nitrogens with zero attached hydrogens (tertiary/aromatic N) is 1. The topological polar surface area (TPSA) is 111 Å². The molecule has 10 heteroatoms. The molecule has 3 atom stereocenters. The van der Waals surface area contributed by atoms with Gasteiger partial charge in [-0.1, -0.05) is 218 Å². The zero-order valence-corrected chi connectivity index (χ0v) is 43.7. The monoisotopic (exact) mass is 924 g/mol. The molecule has 0 aromatic carbocycles. The second-order valence-corrected chi connectivity index (χ2v) is 20.9. The first kappa shape index (κ1) is 62.2. The van der Waals surface area contributed by atoms with Crippen LogP contribution in [0.25, 0.3) is 0 Å². The van der Waals surface area contributed by atoms with E-state index in [2.05, 4.69) is 44.3 Å². The molecule has 64 heavy (non-hydrogen) atoms. The van der Waals surface area contributed by atoms with Crippen molar-refractivity contribution in [2.75, 3.05) is 40.9 Å². The predicted molar refractivity (Wildman–Crippen MR) is 272 cm³/mol. The molecule has 0 bridgehead atoms. The molecular weight excluding hydrogens is 820 g/mol. The van der Waals surface area contributed by atoms with Crippen molar-refractivity contribution in [1.82, 2.24) is 5.32 Å². The number of phosphoric ester groups is 1. The quantitative estimate of drug-likeness (QED) is 0.0206. The van der Waals surface area contributed by atoms with Crippen molar-refractivity contribution in [3.05, 3.63) is 36.5 Å². The lowest BCUT2D eigenvalue weighted by Gasteiger charge is -2.27. The van der Waals surface area contributed by atoms with Gasteiger partial charge >= 0.3 is 13.8 Å². The van der Waals surface area contributed by atoms with Crippen LogP contribution < -0.4 is 5.32 Å². The fourth-order valence-electron chi connectivity index (χ4n) is 7.64. The fourth-order valence-corrected chi connectivity index (χ4v) is 8.37. The van der Waals surface area contributed by atoms with Gasteiger partial charge in [-0.3, -0.25) is 18.6 Å². The van der Waals surface area contributed by atoms with Crippen molar-refractivity contribution in [3.8, 4) is 0 Å². The lowest BCUT2D eigenvalue weighted by atomic mass is 10.0. The summed E-state index contributed by atoms with van der Waals surface area (Å²) in [6.45, 7) is 6.95. The number of rotatable bonds is 48. The zero-order valence-electron chi connectivity index (χ0n) is 42.8. The van der Waals surface area contributed by atoms with Crippen LogP contribution in [0.4, 0.5) is 0 Å². The maximum atomic E-state index is 13.4. The Morgan fingerprint density at radius 3 is 1.44 bits per heavy atom. The van der Waals surface area contributed by atoms with E-state index in [1.165, 1.54) is 154 Å². The maximum Gasteiger partial charge on any atom is 0.472 e. The summed E-state index contributed by atoms with van der Waals surface area (Å²) in [6, 6.07) is -0.872. The lowest BCUT2D eigenvalue weighted by molar-refractivity contribution is -0.870. The van der Waals surface area contributed by atoms with Gasteiger partial charge in [-0.15, -0.1) is 0 Å². The molecule has 0 aliphatic rings. The summed E-state index contributed by atoms with van der Waals surface area (Å²) in [5.74, 6) is -0.578. The molecule has 3 unspecified atom stereocenters. The highest BCUT2D eigenvalue weighted by Crippen LogP contribution is 2.43. The van der Waals surface area contributed by atoms with Gasteiger partial charge in [0, 0.05) is 12.8 Å². The number of phosphoric acid groups is 1. The molecule has 1 amide bonds. The van der Waals surface area contributed by atoms with E-state index in [-0.39, 0.29) is 37.9 Å². The van der Waals surface area contributed by atoms with E-state index < -0.39 is 20.0 Å². The summed E-state index contributed by atoms with van der Waals surface area (Å²) in [5, 5.41) is 3.00. The second-order valence-electron chi connectivity index (χ2n) is 19.4. The Labute approximate surface area is 396 Å². The second kappa shape index (κ2) is 45.0. The van der Waals surface area contributed by atoms with Crippen LogP contribution in [-0.2, 0) is 27.9 Å². The van der Waals surface area contributed by atoms with Crippen LogP contribution >= 0.6 is 7.82 Å². The fraction of sp³-hybridized carbons (Fsp3) is 0.852. The predicted octanol–water partition coefficient (Wildman–Crippen LogP) is 15.6. The lowest BCUT2D eigenvalue weighted by Crippen LogP contribution is -2.47. The largest absolute Gasteiger partial charge is 0.472 e. The molecule has 0 spiro atoms. The number of amides is 1. The Kier molecular flexibility index (Phi) is 43.8. The van der Waals surface area contributed by atoms with Crippen LogP contribution in [0.3, 0.4) is 0 Å². The van der Waals surface area contributed by atoms with Crippen molar-refractivity contribution in [1.29, 1.82) is 0 Å². The van der Waals surface area contributed by atoms with Crippen molar-refractivity contribution >= 4 is 19.7 Å². The molecule has 9 nitrogen and oxygen atoms in total. The summed E-state index contributed by atoms with van der Waals surface area (Å²) in [6.07, 6.45) is 51.5. The van der Waals surface area contributed by atoms with Gasteiger partial charge in [0.15, 0.2) is 0 Å². The van der Waals surface area contributed by atoms with Gasteiger partial charge in [0.2, 0.25) is 5.91 Å². The summed E-state index contributed by atoms with van der Waals surface area (Å²) in [5.41, 5.74) is 0. The van der Waals surface area contributed by atoms with Gasteiger partial charge in [0.25, 0.3) is 0 Å². The molecule has 0 aliphatic carbocycles. The molecule has 0 aromatic rings. The number of esters is 1. The minimum atomic E-state index is -4.45. The Morgan fingerprint density at radius 1 is 0.547 bits per heavy atom. The highest BCUT2D eigenvalue weighted by molar-refractivity contribution is 7.47. The smallest absolute Gasteiger partial charge is 0.456 e. The molecule has 0 saturated heterocycles. The maximum absolute atomic E-state index is 13.4. The average Bonchev–Trinajstić information content (AvgIpc) is 3.25. The van der Waals surface area contributed by atoms with E-state index in [1.54, 1.807) is 0 Å². The van der Waals surface area contributed by atoms with Gasteiger partial charge < -0.3 is 19.4 Å². The number of allylic oxidation sites excluding steroid dienone is 5. The van der Waals surface area contributed by atoms with E-state index in [1.807, 2.05) is 39.4 Å². The van der Waals surface area contributed by atoms with Gasteiger partial charge in [-0.2, -0.15) is 0 Å². The normalized spacial score (nSPS) is 14.2. The van der Waals surface area contributed by atoms with Crippen LogP contribution in [-0.4, -0.2) is 74.3 Å². The Hall–Kier alpha value is -1.77. The molecule has 0 rings (SSSR count). The van der Waals surface area contributed by atoms with Crippen LogP contribution in [0.15, 0.2) is 36.5 Å². The Morgan fingerprint density at radius 2 is 0.969 bits per heavy atom. The molecule has 0 aliphatic heterocycles. The summed E-state index contributed by atoms with van der Waals surface area (Å²) in [4.78, 5) is 37.4. The molecule has 0 heterocycles. The highest BCUT2D eigenvalue weighted by atomic mass is 31.2. The zero-order chi connectivity index (χ0) is 47.3. The van der Waals surface area contributed by atoms with Crippen molar-refractivity contribution in [2.45, 2.75) is 258 Å². The number of unbranched alkanes of at least 4 members (excludes halogenated alkanes) is 28. The highest BCUT2D eigenvalue weighted by Gasteiger charge is 2.30. The molecule has 0 saturated carbocycles. The molecule has 2 N–H and O–H groups in total. The summed E-state index contributed by atoms with van der Waals surface area (Å²) < 4.78 is 30.5. The van der Waals surface area contributed by atoms with Crippen LogP contribution in [0, 0.1) is 0 Å². The number of hydrogen-bond donors (Lipinski definition) is 2. The third-order valence-electron chi connectivity index (χ3n) is 11.8. The van der Waals surface area contributed by atoms with Gasteiger partial charge in [0.05, 0.1) is 33.8 Å². The van der Waals surface area contributed by atoms with E-state index in [9.17, 15) is 19.0 Å². The van der Waals surface area contributed by atoms with E-state index >= 15 is 0 Å². The third-order valence-corrected chi connectivity index (χ3v) is 12.8. The van der Waals surface area contributed by atoms with Gasteiger partial charge in [0.1, 0.15) is 19.3 Å². The summed E-state index contributed by atoms with van der Waals surface area (Å²) >= 11 is 0. The van der Waals surface area contributed by atoms with Gasteiger partial charge in [-0.05, 0) is 51.0 Å². The summed E-state index contributed by atoms with van der Waals surface area (Å²) in [7, 11) is 1.47. The Bertz CT molecular complexity index is 1200. The number of carbonyl (C=O) groups is 2. The number of carbonyl (C=O) groups excluding carboxylic acids is 2. The van der Waals surface area contributed by atoms with E-state index in [4.69, 9.17) is 13.8 Å². The molecule has 0 fully saturated rings. The van der Waals surface area contributed by atoms with E-state index in [0.29, 0.717) is 17.4 Å². The third kappa shape index (κ3) is 45.4. The number of quaternary nitrogens is 1. The van der Waals surface area contributed by atoms with Crippen molar-refractivity contribution in [3.63, 3.8) is 0 Å².